The Bertz CT molecular complexity index is 1680. The normalized spacial score (nSPS) is 25.9. The third-order valence-electron chi connectivity index (χ3n) is 11.0. The van der Waals surface area contributed by atoms with Crippen molar-refractivity contribution in [2.24, 2.45) is 23.2 Å². The minimum absolute atomic E-state index is 0.0113. The molecule has 3 aliphatic carbocycles. The fourth-order valence-corrected chi connectivity index (χ4v) is 7.38. The van der Waals surface area contributed by atoms with Crippen molar-refractivity contribution in [1.82, 2.24) is 0 Å². The summed E-state index contributed by atoms with van der Waals surface area (Å²) in [5, 5.41) is 0. The van der Waals surface area contributed by atoms with Gasteiger partial charge in [0.25, 0.3) is 0 Å². The van der Waals surface area contributed by atoms with Gasteiger partial charge in [-0.25, -0.2) is 33.6 Å². The van der Waals surface area contributed by atoms with Gasteiger partial charge in [0.1, 0.15) is 51.3 Å². The molecule has 3 heterocycles. The van der Waals surface area contributed by atoms with Crippen molar-refractivity contribution in [2.75, 3.05) is 39.6 Å². The van der Waals surface area contributed by atoms with E-state index in [1.54, 1.807) is 34.6 Å². The van der Waals surface area contributed by atoms with Crippen LogP contribution in [0.1, 0.15) is 93.4 Å². The second-order valence-electron chi connectivity index (χ2n) is 16.8. The van der Waals surface area contributed by atoms with Crippen LogP contribution in [0.15, 0.2) is 48.6 Å². The maximum absolute atomic E-state index is 11.6. The van der Waals surface area contributed by atoms with Crippen molar-refractivity contribution in [3.05, 3.63) is 48.6 Å². The van der Waals surface area contributed by atoms with Gasteiger partial charge in [-0.3, -0.25) is 0 Å². The van der Waals surface area contributed by atoms with Crippen LogP contribution in [-0.2, 0) is 66.5 Å². The molecule has 3 saturated heterocycles. The van der Waals surface area contributed by atoms with Crippen LogP contribution >= 0.6 is 0 Å². The lowest BCUT2D eigenvalue weighted by atomic mass is 9.73. The highest BCUT2D eigenvalue weighted by molar-refractivity contribution is 5.88. The molecule has 3 saturated carbocycles. The van der Waals surface area contributed by atoms with E-state index in [1.165, 1.54) is 12.8 Å². The number of rotatable bonds is 11. The number of hydrogen-bond donors (Lipinski definition) is 0. The highest BCUT2D eigenvalue weighted by atomic mass is 16.8. The van der Waals surface area contributed by atoms with E-state index in [4.69, 9.17) is 33.2 Å². The van der Waals surface area contributed by atoms with Gasteiger partial charge in [0.15, 0.2) is 11.7 Å². The van der Waals surface area contributed by atoms with Crippen molar-refractivity contribution in [1.29, 1.82) is 0 Å². The Labute approximate surface area is 351 Å². The van der Waals surface area contributed by atoms with Crippen molar-refractivity contribution in [2.45, 2.75) is 117 Å². The van der Waals surface area contributed by atoms with Gasteiger partial charge in [0.05, 0.1) is 0 Å². The third kappa shape index (κ3) is 13.9. The number of hydrogen-bond acceptors (Lipinski definition) is 17. The molecule has 0 radical (unpaired) electrons. The van der Waals surface area contributed by atoms with Gasteiger partial charge < -0.3 is 47.4 Å². The molecular weight excluding hydrogens is 788 g/mol. The van der Waals surface area contributed by atoms with E-state index < -0.39 is 42.1 Å². The predicted molar refractivity (Wildman–Crippen MR) is 211 cm³/mol. The summed E-state index contributed by atoms with van der Waals surface area (Å²) < 4.78 is 49.2. The second kappa shape index (κ2) is 21.3. The minimum atomic E-state index is -0.873. The fraction of sp³-hybridized carbons (Fsp3) is 0.651. The highest BCUT2D eigenvalue weighted by Crippen LogP contribution is 2.58. The van der Waals surface area contributed by atoms with Crippen LogP contribution in [0.25, 0.3) is 0 Å². The average molecular weight is 849 g/mol. The first-order valence-electron chi connectivity index (χ1n) is 19.9. The van der Waals surface area contributed by atoms with Crippen LogP contribution in [0.3, 0.4) is 0 Å². The smallest absolute Gasteiger partial charge is 0.459 e. The zero-order valence-corrected chi connectivity index (χ0v) is 35.8. The molecule has 3 aliphatic heterocycles. The molecule has 0 amide bonds. The van der Waals surface area contributed by atoms with Crippen molar-refractivity contribution >= 4 is 42.3 Å². The maximum atomic E-state index is 11.6. The molecule has 17 heteroatoms. The first-order valence-corrected chi connectivity index (χ1v) is 19.9. The minimum Gasteiger partial charge on any atom is -0.459 e. The molecule has 1 spiro atoms. The second-order valence-corrected chi connectivity index (χ2v) is 16.8. The van der Waals surface area contributed by atoms with Gasteiger partial charge in [0, 0.05) is 27.7 Å². The summed E-state index contributed by atoms with van der Waals surface area (Å²) >= 11 is 0. The Balaban J connectivity index is 0.000000217. The summed E-state index contributed by atoms with van der Waals surface area (Å²) in [6.07, 6.45) is 4.57. The topological polar surface area (TPSA) is 212 Å². The summed E-state index contributed by atoms with van der Waals surface area (Å²) in [7, 11) is 0. The van der Waals surface area contributed by atoms with E-state index in [9.17, 15) is 33.6 Å². The Morgan fingerprint density at radius 3 is 1.72 bits per heavy atom. The lowest BCUT2D eigenvalue weighted by Gasteiger charge is -2.40. The summed E-state index contributed by atoms with van der Waals surface area (Å²) in [5.41, 5.74) is 0.413. The molecule has 6 rings (SSSR count). The van der Waals surface area contributed by atoms with Gasteiger partial charge in [-0.2, -0.15) is 0 Å². The van der Waals surface area contributed by atoms with E-state index in [0.29, 0.717) is 53.3 Å². The van der Waals surface area contributed by atoms with Gasteiger partial charge in [-0.05, 0) is 97.3 Å². The van der Waals surface area contributed by atoms with Crippen LogP contribution in [-0.4, -0.2) is 105 Å². The standard InChI is InChI=1S/C14H18O5.C12H20O2.C9H12O5.C8H10O5/c1-8(2)12(15)19-11-4-10-3-9(11)5-14(10)6-17-13(16)18-7-14;1-9(2)11(13)14-12(10(3)4)7-5-6-8-12;1-6(2)7(10)12-4-9(3)5-13-8(11)14-9;1-5(2)7(9)11-3-6-4-12-8(10)13-6/h9-11H,1,3-7H2,2H3;10H,1,5-8H2,2-4H3;1,4-5H2,2-3H3;6H,1,3-4H2,2H3. The lowest BCUT2D eigenvalue weighted by Crippen LogP contribution is -2.45. The molecular formula is C43H60O17. The summed E-state index contributed by atoms with van der Waals surface area (Å²) in [5.74, 6) is -0.383. The van der Waals surface area contributed by atoms with Gasteiger partial charge in [-0.15, -0.1) is 0 Å². The molecule has 0 N–H and O–H groups in total. The number of carbonyl (C=O) groups excluding carboxylic acids is 7. The quantitative estimate of drug-likeness (QED) is 0.119. The summed E-state index contributed by atoms with van der Waals surface area (Å²) in [6.45, 7) is 27.4. The molecule has 6 aliphatic rings. The number of esters is 4. The summed E-state index contributed by atoms with van der Waals surface area (Å²) in [4.78, 5) is 77.0. The van der Waals surface area contributed by atoms with E-state index in [0.717, 1.165) is 32.1 Å². The zero-order chi connectivity index (χ0) is 45.0. The average Bonchev–Trinajstić information content (AvgIpc) is 4.03. The Kier molecular flexibility index (Phi) is 17.4. The first kappa shape index (κ1) is 49.0. The van der Waals surface area contributed by atoms with E-state index in [2.05, 4.69) is 54.4 Å². The monoisotopic (exact) mass is 848 g/mol. The third-order valence-corrected chi connectivity index (χ3v) is 11.0. The largest absolute Gasteiger partial charge is 0.509 e. The van der Waals surface area contributed by atoms with Gasteiger partial charge in [-0.1, -0.05) is 40.2 Å². The van der Waals surface area contributed by atoms with Crippen molar-refractivity contribution in [3.63, 3.8) is 0 Å². The molecule has 60 heavy (non-hydrogen) atoms. The fourth-order valence-electron chi connectivity index (χ4n) is 7.38. The zero-order valence-electron chi connectivity index (χ0n) is 35.8. The van der Waals surface area contributed by atoms with Gasteiger partial charge >= 0.3 is 42.3 Å². The molecule has 5 unspecified atom stereocenters. The number of carbonyl (C=O) groups is 7. The SMILES string of the molecule is C=C(C)C(=O)OC1(C(C)C)CCCC1.C=C(C)C(=O)OC1CC2CC1CC21COC(=O)OC1.C=C(C)C(=O)OCC1(C)COC(=O)O1.C=C(C)C(=O)OCC1COC(=O)O1. The van der Waals surface area contributed by atoms with Crippen LogP contribution in [0.2, 0.25) is 0 Å². The van der Waals surface area contributed by atoms with Crippen LogP contribution in [0.4, 0.5) is 14.4 Å². The van der Waals surface area contributed by atoms with Crippen LogP contribution < -0.4 is 0 Å². The van der Waals surface area contributed by atoms with Crippen molar-refractivity contribution < 1.29 is 80.9 Å². The van der Waals surface area contributed by atoms with E-state index in [1.807, 2.05) is 0 Å². The molecule has 5 atom stereocenters. The van der Waals surface area contributed by atoms with Gasteiger partial charge in [0.2, 0.25) is 0 Å². The Hall–Kier alpha value is -5.35. The Morgan fingerprint density at radius 2 is 1.27 bits per heavy atom. The maximum Gasteiger partial charge on any atom is 0.509 e. The number of fused-ring (bicyclic) bond motifs is 3. The molecule has 6 fully saturated rings. The highest BCUT2D eigenvalue weighted by Gasteiger charge is 2.58. The van der Waals surface area contributed by atoms with E-state index >= 15 is 0 Å². The molecule has 0 aromatic carbocycles. The lowest BCUT2D eigenvalue weighted by molar-refractivity contribution is -0.159. The summed E-state index contributed by atoms with van der Waals surface area (Å²) in [6, 6.07) is 0. The van der Waals surface area contributed by atoms with Crippen LogP contribution in [0, 0.1) is 23.2 Å². The number of cyclic esters (lactones) is 6. The van der Waals surface area contributed by atoms with Crippen LogP contribution in [0.5, 0.6) is 0 Å². The predicted octanol–water partition coefficient (Wildman–Crippen LogP) is 6.80. The van der Waals surface area contributed by atoms with Crippen molar-refractivity contribution in [3.8, 4) is 0 Å². The first-order chi connectivity index (χ1) is 28.0. The molecule has 17 nitrogen and oxygen atoms in total. The van der Waals surface area contributed by atoms with E-state index in [-0.39, 0.29) is 55.5 Å². The molecule has 0 aromatic heterocycles. The molecule has 0 aromatic rings. The molecule has 2 bridgehead atoms. The Morgan fingerprint density at radius 1 is 0.717 bits per heavy atom. The molecule has 334 valence electrons. The number of ether oxygens (including phenoxy) is 10.